The molecule has 7 heteroatoms. The summed E-state index contributed by atoms with van der Waals surface area (Å²) in [6.45, 7) is 0. The predicted molar refractivity (Wildman–Crippen MR) is 51.6 cm³/mol. The lowest BCUT2D eigenvalue weighted by atomic mass is 10.4. The van der Waals surface area contributed by atoms with E-state index in [1.807, 2.05) is 0 Å². The van der Waals surface area contributed by atoms with E-state index in [2.05, 4.69) is 10.3 Å². The van der Waals surface area contributed by atoms with E-state index in [-0.39, 0.29) is 5.30 Å². The maximum Gasteiger partial charge on any atom is 0.411 e. The number of hydrogen-bond acceptors (Lipinski definition) is 3. The van der Waals surface area contributed by atoms with Gasteiger partial charge in [-0.05, 0) is 24.3 Å². The minimum absolute atomic E-state index is 0.0410. The highest BCUT2D eigenvalue weighted by molar-refractivity contribution is 7.61. The van der Waals surface area contributed by atoms with Crippen molar-refractivity contribution in [2.24, 2.45) is 5.73 Å². The number of carbonyl (C=O) groups is 1. The van der Waals surface area contributed by atoms with Crippen LogP contribution in [0, 0.1) is 0 Å². The lowest BCUT2D eigenvalue weighted by Crippen LogP contribution is -2.16. The topological polar surface area (TPSA) is 89.6 Å². The van der Waals surface area contributed by atoms with Crippen LogP contribution < -0.4 is 11.0 Å². The number of hydrogen-bond donors (Lipinski definition) is 2. The van der Waals surface area contributed by atoms with Gasteiger partial charge in [-0.2, -0.15) is 0 Å². The standard InChI is InChI=1S/C7H7ClNO4P/c8-5-1-3-6(4-2-5)14(11,12)13-7(9)10/h1-4H,(H2,9,10)(H,11,12). The van der Waals surface area contributed by atoms with Gasteiger partial charge in [-0.15, -0.1) is 0 Å². The molecule has 5 nitrogen and oxygen atoms in total. The van der Waals surface area contributed by atoms with Crippen molar-refractivity contribution in [3.8, 4) is 0 Å². The van der Waals surface area contributed by atoms with Gasteiger partial charge in [0.15, 0.2) is 0 Å². The third-order valence-corrected chi connectivity index (χ3v) is 3.00. The summed E-state index contributed by atoms with van der Waals surface area (Å²) in [5.41, 5.74) is 4.63. The molecule has 14 heavy (non-hydrogen) atoms. The smallest absolute Gasteiger partial charge is 0.372 e. The predicted octanol–water partition coefficient (Wildman–Crippen LogP) is 1.25. The molecule has 0 aliphatic rings. The number of rotatable bonds is 2. The second kappa shape index (κ2) is 4.00. The summed E-state index contributed by atoms with van der Waals surface area (Å²) >= 11 is 5.56. The number of primary amides is 1. The summed E-state index contributed by atoms with van der Waals surface area (Å²) in [5, 5.41) is 0.369. The van der Waals surface area contributed by atoms with Crippen LogP contribution in [0.5, 0.6) is 0 Å². The molecule has 1 unspecified atom stereocenters. The van der Waals surface area contributed by atoms with Crippen LogP contribution in [-0.2, 0) is 9.09 Å². The fraction of sp³-hybridized carbons (Fsp3) is 0. The fourth-order valence-corrected chi connectivity index (χ4v) is 1.81. The second-order valence-corrected chi connectivity index (χ2v) is 4.58. The fourth-order valence-electron chi connectivity index (χ4n) is 0.804. The van der Waals surface area contributed by atoms with Gasteiger partial charge in [-0.25, -0.2) is 9.36 Å². The zero-order valence-corrected chi connectivity index (χ0v) is 8.53. The highest BCUT2D eigenvalue weighted by Gasteiger charge is 2.25. The van der Waals surface area contributed by atoms with Crippen LogP contribution in [0.3, 0.4) is 0 Å². The minimum Gasteiger partial charge on any atom is -0.372 e. The lowest BCUT2D eigenvalue weighted by Gasteiger charge is -2.09. The molecule has 76 valence electrons. The molecule has 3 N–H and O–H groups in total. The van der Waals surface area contributed by atoms with Crippen molar-refractivity contribution < 1.29 is 18.8 Å². The summed E-state index contributed by atoms with van der Waals surface area (Å²) < 4.78 is 15.4. The van der Waals surface area contributed by atoms with E-state index < -0.39 is 13.7 Å². The molecule has 0 aromatic heterocycles. The van der Waals surface area contributed by atoms with Gasteiger partial charge in [0.1, 0.15) is 0 Å². The largest absolute Gasteiger partial charge is 0.411 e. The summed E-state index contributed by atoms with van der Waals surface area (Å²) in [6.07, 6.45) is -1.30. The number of nitrogens with two attached hydrogens (primary N) is 1. The Morgan fingerprint density at radius 2 is 1.93 bits per heavy atom. The molecular weight excluding hydrogens is 229 g/mol. The first-order valence-electron chi connectivity index (χ1n) is 3.50. The Balaban J connectivity index is 2.98. The Morgan fingerprint density at radius 1 is 1.43 bits per heavy atom. The van der Waals surface area contributed by atoms with Gasteiger partial charge >= 0.3 is 13.7 Å². The molecule has 0 spiro atoms. The number of amides is 1. The zero-order chi connectivity index (χ0) is 10.8. The SMILES string of the molecule is NC(=O)OP(=O)(O)c1ccc(Cl)cc1. The van der Waals surface area contributed by atoms with Crippen molar-refractivity contribution in [2.75, 3.05) is 0 Å². The molecule has 1 amide bonds. The van der Waals surface area contributed by atoms with E-state index in [4.69, 9.17) is 11.6 Å². The Morgan fingerprint density at radius 3 is 2.36 bits per heavy atom. The Kier molecular flexibility index (Phi) is 3.16. The molecule has 0 fully saturated rings. The van der Waals surface area contributed by atoms with Crippen LogP contribution in [0.15, 0.2) is 24.3 Å². The summed E-state index contributed by atoms with van der Waals surface area (Å²) in [5.74, 6) is 0. The highest BCUT2D eigenvalue weighted by Crippen LogP contribution is 2.40. The average Bonchev–Trinajstić information content (AvgIpc) is 2.02. The first kappa shape index (κ1) is 11.0. The van der Waals surface area contributed by atoms with Crippen LogP contribution in [0.25, 0.3) is 0 Å². The molecule has 0 radical (unpaired) electrons. The summed E-state index contributed by atoms with van der Waals surface area (Å²) in [4.78, 5) is 19.5. The van der Waals surface area contributed by atoms with Crippen molar-refractivity contribution in [3.63, 3.8) is 0 Å². The summed E-state index contributed by atoms with van der Waals surface area (Å²) in [6, 6.07) is 5.38. The molecular formula is C7H7ClNO4P. The highest BCUT2D eigenvalue weighted by atomic mass is 35.5. The van der Waals surface area contributed by atoms with Gasteiger partial charge < -0.3 is 15.2 Å². The Labute approximate surface area is 85.0 Å². The molecule has 0 bridgehead atoms. The Hall–Kier alpha value is -1.03. The van der Waals surface area contributed by atoms with Crippen molar-refractivity contribution in [3.05, 3.63) is 29.3 Å². The maximum atomic E-state index is 11.3. The third-order valence-electron chi connectivity index (χ3n) is 1.37. The van der Waals surface area contributed by atoms with E-state index in [0.29, 0.717) is 5.02 Å². The van der Waals surface area contributed by atoms with Crippen molar-refractivity contribution in [2.45, 2.75) is 0 Å². The van der Waals surface area contributed by atoms with E-state index >= 15 is 0 Å². The lowest BCUT2D eigenvalue weighted by molar-refractivity contribution is 0.205. The van der Waals surface area contributed by atoms with Gasteiger partial charge in [0, 0.05) is 5.02 Å². The number of halogens is 1. The molecule has 1 rings (SSSR count). The van der Waals surface area contributed by atoms with Crippen LogP contribution in [0.2, 0.25) is 5.02 Å². The van der Waals surface area contributed by atoms with Crippen LogP contribution in [0.1, 0.15) is 0 Å². The minimum atomic E-state index is -4.15. The normalized spacial score (nSPS) is 14.4. The number of benzene rings is 1. The molecule has 0 saturated heterocycles. The zero-order valence-electron chi connectivity index (χ0n) is 6.88. The number of carbonyl (C=O) groups excluding carboxylic acids is 1. The summed E-state index contributed by atoms with van der Waals surface area (Å²) in [7, 11) is -4.15. The third kappa shape index (κ3) is 2.73. The molecule has 0 aliphatic heterocycles. The molecule has 1 aromatic rings. The van der Waals surface area contributed by atoms with E-state index in [1.54, 1.807) is 0 Å². The van der Waals surface area contributed by atoms with E-state index in [9.17, 15) is 14.3 Å². The Bertz CT molecular complexity index is 391. The van der Waals surface area contributed by atoms with Crippen molar-refractivity contribution in [1.29, 1.82) is 0 Å². The van der Waals surface area contributed by atoms with Crippen LogP contribution in [0.4, 0.5) is 4.79 Å². The molecule has 0 heterocycles. The molecule has 1 aromatic carbocycles. The average molecular weight is 236 g/mol. The van der Waals surface area contributed by atoms with Crippen LogP contribution >= 0.6 is 19.2 Å². The van der Waals surface area contributed by atoms with Crippen molar-refractivity contribution >= 4 is 30.6 Å². The molecule has 0 saturated carbocycles. The van der Waals surface area contributed by atoms with Gasteiger partial charge in [-0.1, -0.05) is 11.6 Å². The second-order valence-electron chi connectivity index (χ2n) is 2.41. The van der Waals surface area contributed by atoms with Gasteiger partial charge in [-0.3, -0.25) is 0 Å². The first-order chi connectivity index (χ1) is 6.42. The van der Waals surface area contributed by atoms with E-state index in [1.165, 1.54) is 24.3 Å². The molecule has 0 aliphatic carbocycles. The van der Waals surface area contributed by atoms with Gasteiger partial charge in [0.05, 0.1) is 5.30 Å². The van der Waals surface area contributed by atoms with Crippen LogP contribution in [-0.4, -0.2) is 11.0 Å². The quantitative estimate of drug-likeness (QED) is 0.755. The van der Waals surface area contributed by atoms with Gasteiger partial charge in [0.25, 0.3) is 0 Å². The molecule has 1 atom stereocenters. The van der Waals surface area contributed by atoms with Crippen molar-refractivity contribution in [1.82, 2.24) is 0 Å². The first-order valence-corrected chi connectivity index (χ1v) is 5.45. The van der Waals surface area contributed by atoms with E-state index in [0.717, 1.165) is 0 Å². The maximum absolute atomic E-state index is 11.3. The monoisotopic (exact) mass is 235 g/mol. The van der Waals surface area contributed by atoms with Gasteiger partial charge in [0.2, 0.25) is 0 Å².